The molecule has 0 bridgehead atoms. The number of hydrogen-bond acceptors (Lipinski definition) is 4. The second kappa shape index (κ2) is 9.24. The number of carbonyl (C=O) groups excluding carboxylic acids is 1. The van der Waals surface area contributed by atoms with Crippen molar-refractivity contribution in [2.45, 2.75) is 26.4 Å². The quantitative estimate of drug-likeness (QED) is 0.579. The Hall–Kier alpha value is -3.00. The van der Waals surface area contributed by atoms with E-state index in [1.807, 2.05) is 32.0 Å². The molecule has 170 valence electrons. The van der Waals surface area contributed by atoms with Crippen LogP contribution >= 0.6 is 0 Å². The number of benzene rings is 2. The molecule has 8 heteroatoms. The van der Waals surface area contributed by atoms with E-state index in [1.165, 1.54) is 6.33 Å². The van der Waals surface area contributed by atoms with Crippen molar-refractivity contribution < 1.29 is 18.3 Å². The number of hydrogen-bond donors (Lipinski definition) is 0. The zero-order valence-corrected chi connectivity index (χ0v) is 18.6. The fourth-order valence-corrected chi connectivity index (χ4v) is 4.29. The van der Waals surface area contributed by atoms with E-state index in [2.05, 4.69) is 16.0 Å². The molecule has 0 N–H and O–H groups in total. The molecule has 1 fully saturated rings. The zero-order valence-electron chi connectivity index (χ0n) is 18.6. The van der Waals surface area contributed by atoms with Gasteiger partial charge in [0.2, 0.25) is 5.91 Å². The Morgan fingerprint density at radius 3 is 2.56 bits per heavy atom. The normalized spacial score (nSPS) is 15.4. The van der Waals surface area contributed by atoms with Crippen LogP contribution in [0.25, 0.3) is 11.0 Å². The number of fused-ring (bicyclic) bond motifs is 1. The Labute approximate surface area is 186 Å². The van der Waals surface area contributed by atoms with E-state index < -0.39 is 17.7 Å². The summed E-state index contributed by atoms with van der Waals surface area (Å²) in [7, 11) is 1.77. The van der Waals surface area contributed by atoms with Gasteiger partial charge in [-0.1, -0.05) is 32.0 Å². The molecule has 1 saturated heterocycles. The van der Waals surface area contributed by atoms with E-state index in [-0.39, 0.29) is 11.8 Å². The van der Waals surface area contributed by atoms with Crippen LogP contribution in [0.3, 0.4) is 0 Å². The van der Waals surface area contributed by atoms with Crippen molar-refractivity contribution in [2.24, 2.45) is 5.92 Å². The first-order valence-corrected chi connectivity index (χ1v) is 10.8. The van der Waals surface area contributed by atoms with E-state index in [9.17, 15) is 13.6 Å². The van der Waals surface area contributed by atoms with Gasteiger partial charge in [0.25, 0.3) is 0 Å². The summed E-state index contributed by atoms with van der Waals surface area (Å²) in [5.41, 5.74) is 2.87. The highest BCUT2D eigenvalue weighted by Gasteiger charge is 2.29. The molecular formula is C24H28F2N4O2. The van der Waals surface area contributed by atoms with Crippen molar-refractivity contribution >= 4 is 22.6 Å². The van der Waals surface area contributed by atoms with Gasteiger partial charge in [0, 0.05) is 44.5 Å². The van der Waals surface area contributed by atoms with Gasteiger partial charge >= 0.3 is 0 Å². The lowest BCUT2D eigenvalue weighted by molar-refractivity contribution is -0.135. The molecule has 1 atom stereocenters. The predicted octanol–water partition coefficient (Wildman–Crippen LogP) is 4.01. The number of nitrogens with zero attached hydrogens (tertiary/aromatic N) is 4. The van der Waals surface area contributed by atoms with Gasteiger partial charge < -0.3 is 19.1 Å². The molecule has 1 unspecified atom stereocenters. The third-order valence-electron chi connectivity index (χ3n) is 5.93. The molecule has 0 aliphatic carbocycles. The summed E-state index contributed by atoms with van der Waals surface area (Å²) in [5, 5.41) is 0. The topological polar surface area (TPSA) is 50.6 Å². The van der Waals surface area contributed by atoms with Crippen LogP contribution < -0.4 is 4.90 Å². The Kier molecular flexibility index (Phi) is 6.41. The average molecular weight is 443 g/mol. The lowest BCUT2D eigenvalue weighted by Gasteiger charge is -2.32. The fourth-order valence-electron chi connectivity index (χ4n) is 4.29. The Morgan fingerprint density at radius 1 is 1.16 bits per heavy atom. The second-order valence-electron chi connectivity index (χ2n) is 8.52. The van der Waals surface area contributed by atoms with Crippen molar-refractivity contribution in [1.82, 2.24) is 14.5 Å². The highest BCUT2D eigenvalue weighted by atomic mass is 19.2. The molecule has 1 amide bonds. The first kappa shape index (κ1) is 22.2. The van der Waals surface area contributed by atoms with Crippen molar-refractivity contribution in [3.8, 4) is 0 Å². The number of aromatic nitrogens is 2. The fraction of sp³-hybridized carbons (Fsp3) is 0.417. The van der Waals surface area contributed by atoms with Crippen molar-refractivity contribution in [3.05, 3.63) is 59.9 Å². The minimum atomic E-state index is -0.956. The molecule has 0 saturated carbocycles. The number of halogens is 2. The summed E-state index contributed by atoms with van der Waals surface area (Å²) < 4.78 is 34.7. The van der Waals surface area contributed by atoms with Gasteiger partial charge in [-0.3, -0.25) is 4.79 Å². The van der Waals surface area contributed by atoms with Crippen LogP contribution in [0.4, 0.5) is 14.5 Å². The van der Waals surface area contributed by atoms with Crippen LogP contribution in [0.5, 0.6) is 0 Å². The molecule has 6 nitrogen and oxygen atoms in total. The number of morpholine rings is 1. The van der Waals surface area contributed by atoms with Gasteiger partial charge in [-0.25, -0.2) is 13.8 Å². The van der Waals surface area contributed by atoms with Crippen LogP contribution in [-0.2, 0) is 16.1 Å². The van der Waals surface area contributed by atoms with E-state index in [4.69, 9.17) is 4.74 Å². The van der Waals surface area contributed by atoms with E-state index in [0.29, 0.717) is 30.8 Å². The van der Waals surface area contributed by atoms with Crippen LogP contribution in [0, 0.1) is 17.6 Å². The molecular weight excluding hydrogens is 414 g/mol. The number of imidazole rings is 1. The summed E-state index contributed by atoms with van der Waals surface area (Å²) in [6.07, 6.45) is 1.49. The molecule has 0 radical (unpaired) electrons. The van der Waals surface area contributed by atoms with Crippen LogP contribution in [0.1, 0.15) is 25.5 Å². The maximum Gasteiger partial charge on any atom is 0.246 e. The second-order valence-corrected chi connectivity index (χ2v) is 8.52. The number of amides is 1. The van der Waals surface area contributed by atoms with Crippen LogP contribution in [-0.4, -0.2) is 53.7 Å². The van der Waals surface area contributed by atoms with Crippen molar-refractivity contribution in [2.75, 3.05) is 38.3 Å². The van der Waals surface area contributed by atoms with Gasteiger partial charge in [-0.15, -0.1) is 0 Å². The number of ether oxygens (including phenoxy) is 1. The lowest BCUT2D eigenvalue weighted by Crippen LogP contribution is -2.39. The highest BCUT2D eigenvalue weighted by molar-refractivity contribution is 5.84. The minimum absolute atomic E-state index is 0.0787. The minimum Gasteiger partial charge on any atom is -0.378 e. The van der Waals surface area contributed by atoms with Gasteiger partial charge in [-0.2, -0.15) is 0 Å². The molecule has 1 aromatic heterocycles. The van der Waals surface area contributed by atoms with Crippen LogP contribution in [0.15, 0.2) is 42.7 Å². The van der Waals surface area contributed by atoms with Gasteiger partial charge in [0.05, 0.1) is 30.6 Å². The third-order valence-corrected chi connectivity index (χ3v) is 5.93. The zero-order chi connectivity index (χ0) is 22.8. The molecule has 1 aliphatic rings. The standard InChI is InChI=1S/C24H28F2N4O2/c1-16(2)23(30-15-27-20-12-18(25)19(26)13-22(20)30)24(31)28(3)14-17-6-4-5-7-21(17)29-8-10-32-11-9-29/h4-7,12-13,15-16,23H,8-11,14H2,1-3H3. The first-order chi connectivity index (χ1) is 15.4. The van der Waals surface area contributed by atoms with E-state index >= 15 is 0 Å². The first-order valence-electron chi connectivity index (χ1n) is 10.8. The smallest absolute Gasteiger partial charge is 0.246 e. The van der Waals surface area contributed by atoms with Gasteiger partial charge in [-0.05, 0) is 17.5 Å². The maximum atomic E-state index is 13.9. The monoisotopic (exact) mass is 442 g/mol. The number of anilines is 1. The molecule has 4 rings (SSSR count). The average Bonchev–Trinajstić information content (AvgIpc) is 3.17. The van der Waals surface area contributed by atoms with Crippen molar-refractivity contribution in [3.63, 3.8) is 0 Å². The molecule has 2 aromatic carbocycles. The Balaban J connectivity index is 1.61. The van der Waals surface area contributed by atoms with Gasteiger partial charge in [0.1, 0.15) is 6.04 Å². The molecule has 3 aromatic rings. The van der Waals surface area contributed by atoms with Gasteiger partial charge in [0.15, 0.2) is 11.6 Å². The Morgan fingerprint density at radius 2 is 1.84 bits per heavy atom. The van der Waals surface area contributed by atoms with E-state index in [0.717, 1.165) is 36.5 Å². The summed E-state index contributed by atoms with van der Waals surface area (Å²) >= 11 is 0. The van der Waals surface area contributed by atoms with Crippen molar-refractivity contribution in [1.29, 1.82) is 0 Å². The summed E-state index contributed by atoms with van der Waals surface area (Å²) in [4.78, 5) is 21.7. The summed E-state index contributed by atoms with van der Waals surface area (Å²) in [6, 6.07) is 9.64. The number of rotatable bonds is 6. The molecule has 1 aliphatic heterocycles. The number of carbonyl (C=O) groups is 1. The van der Waals surface area contributed by atoms with Crippen LogP contribution in [0.2, 0.25) is 0 Å². The predicted molar refractivity (Wildman–Crippen MR) is 119 cm³/mol. The maximum absolute atomic E-state index is 13.9. The lowest BCUT2D eigenvalue weighted by atomic mass is 10.0. The summed E-state index contributed by atoms with van der Waals surface area (Å²) in [6.45, 7) is 7.30. The molecule has 2 heterocycles. The Bertz CT molecular complexity index is 1110. The summed E-state index contributed by atoms with van der Waals surface area (Å²) in [5.74, 6) is -2.10. The third kappa shape index (κ3) is 4.32. The number of likely N-dealkylation sites (N-methyl/N-ethyl adjacent to an activating group) is 1. The molecule has 32 heavy (non-hydrogen) atoms. The SMILES string of the molecule is CC(C)C(C(=O)N(C)Cc1ccccc1N1CCOCC1)n1cnc2cc(F)c(F)cc21. The number of para-hydroxylation sites is 1. The largest absolute Gasteiger partial charge is 0.378 e. The highest BCUT2D eigenvalue weighted by Crippen LogP contribution is 2.28. The molecule has 0 spiro atoms. The van der Waals surface area contributed by atoms with E-state index in [1.54, 1.807) is 16.5 Å².